The van der Waals surface area contributed by atoms with E-state index in [-0.39, 0.29) is 34.6 Å². The Bertz CT molecular complexity index is 1300. The normalized spacial score (nSPS) is 12.0. The van der Waals surface area contributed by atoms with Crippen LogP contribution in [0.15, 0.2) is 78.9 Å². The van der Waals surface area contributed by atoms with E-state index in [4.69, 9.17) is 23.2 Å². The third-order valence-corrected chi connectivity index (χ3v) is 7.21. The fraction of sp³-hybridized carbons (Fsp3) is 0.259. The number of hydrogen-bond donors (Lipinski definition) is 1. The van der Waals surface area contributed by atoms with Gasteiger partial charge in [-0.3, -0.25) is 13.9 Å². The molecule has 0 aliphatic rings. The van der Waals surface area contributed by atoms with Gasteiger partial charge in [0.2, 0.25) is 21.8 Å². The molecule has 0 aliphatic heterocycles. The van der Waals surface area contributed by atoms with Crippen molar-refractivity contribution in [2.75, 3.05) is 23.7 Å². The lowest BCUT2D eigenvalue weighted by atomic mass is 10.0. The number of sulfonamides is 1. The number of anilines is 1. The molecule has 196 valence electrons. The number of nitrogens with zero attached hydrogens (tertiary/aromatic N) is 2. The maximum atomic E-state index is 13.9. The second-order valence-electron chi connectivity index (χ2n) is 8.50. The van der Waals surface area contributed by atoms with Crippen molar-refractivity contribution < 1.29 is 18.0 Å². The van der Waals surface area contributed by atoms with Gasteiger partial charge in [-0.15, -0.1) is 0 Å². The Morgan fingerprint density at radius 1 is 0.892 bits per heavy atom. The number of hydrogen-bond acceptors (Lipinski definition) is 4. The van der Waals surface area contributed by atoms with Crippen molar-refractivity contribution in [3.63, 3.8) is 0 Å². The van der Waals surface area contributed by atoms with Crippen LogP contribution >= 0.6 is 23.2 Å². The van der Waals surface area contributed by atoms with Gasteiger partial charge in [0.1, 0.15) is 12.6 Å². The van der Waals surface area contributed by atoms with Crippen LogP contribution in [0.5, 0.6) is 0 Å². The molecular weight excluding hydrogens is 533 g/mol. The molecule has 3 aromatic carbocycles. The molecule has 37 heavy (non-hydrogen) atoms. The molecule has 0 aromatic heterocycles. The molecule has 0 fully saturated rings. The van der Waals surface area contributed by atoms with Gasteiger partial charge in [0.15, 0.2) is 0 Å². The van der Waals surface area contributed by atoms with Crippen molar-refractivity contribution in [3.05, 3.63) is 100 Å². The molecule has 3 rings (SSSR count). The molecule has 0 radical (unpaired) electrons. The smallest absolute Gasteiger partial charge is 0.244 e. The first-order valence-corrected chi connectivity index (χ1v) is 14.3. The molecule has 10 heteroatoms. The third kappa shape index (κ3) is 8.21. The van der Waals surface area contributed by atoms with E-state index < -0.39 is 28.5 Å². The molecule has 1 N–H and O–H groups in total. The molecule has 0 heterocycles. The predicted octanol–water partition coefficient (Wildman–Crippen LogP) is 4.54. The van der Waals surface area contributed by atoms with Crippen molar-refractivity contribution >= 4 is 50.7 Å². The van der Waals surface area contributed by atoms with Gasteiger partial charge in [-0.25, -0.2) is 8.42 Å². The lowest BCUT2D eigenvalue weighted by Gasteiger charge is -2.33. The number of rotatable bonds is 11. The summed E-state index contributed by atoms with van der Waals surface area (Å²) >= 11 is 12.2. The first kappa shape index (κ1) is 28.5. The highest BCUT2D eigenvalue weighted by Crippen LogP contribution is 2.27. The minimum Gasteiger partial charge on any atom is -0.355 e. The maximum absolute atomic E-state index is 13.9. The second kappa shape index (κ2) is 12.9. The van der Waals surface area contributed by atoms with Crippen LogP contribution in [0.4, 0.5) is 5.69 Å². The Hall–Kier alpha value is -3.07. The Labute approximate surface area is 228 Å². The topological polar surface area (TPSA) is 86.8 Å². The third-order valence-electron chi connectivity index (χ3n) is 5.63. The van der Waals surface area contributed by atoms with E-state index in [2.05, 4.69) is 5.32 Å². The van der Waals surface area contributed by atoms with Crippen LogP contribution in [0, 0.1) is 0 Å². The summed E-state index contributed by atoms with van der Waals surface area (Å²) < 4.78 is 26.5. The average molecular weight is 563 g/mol. The highest BCUT2D eigenvalue weighted by molar-refractivity contribution is 7.92. The molecule has 1 atom stereocenters. The van der Waals surface area contributed by atoms with Gasteiger partial charge in [-0.05, 0) is 36.2 Å². The van der Waals surface area contributed by atoms with E-state index in [0.29, 0.717) is 6.54 Å². The van der Waals surface area contributed by atoms with E-state index in [1.807, 2.05) is 60.7 Å². The molecule has 2 amide bonds. The first-order valence-electron chi connectivity index (χ1n) is 11.7. The standard InChI is InChI=1S/C27H29Cl2N3O4S/c1-3-30-27(34)25(14-20-10-6-4-7-11-20)31(18-21-12-8-5-9-13-21)26(33)19-32(37(2,35)36)24-16-22(28)15-23(29)17-24/h4-13,15-17,25H,3,14,18-19H2,1-2H3,(H,30,34). The molecule has 0 spiro atoms. The van der Waals surface area contributed by atoms with Gasteiger partial charge in [-0.2, -0.15) is 0 Å². The molecular formula is C27H29Cl2N3O4S. The van der Waals surface area contributed by atoms with Crippen molar-refractivity contribution in [3.8, 4) is 0 Å². The molecule has 0 saturated heterocycles. The second-order valence-corrected chi connectivity index (χ2v) is 11.3. The summed E-state index contributed by atoms with van der Waals surface area (Å²) in [5.41, 5.74) is 1.83. The van der Waals surface area contributed by atoms with Gasteiger partial charge in [0, 0.05) is 29.6 Å². The summed E-state index contributed by atoms with van der Waals surface area (Å²) in [4.78, 5) is 28.5. The average Bonchev–Trinajstić information content (AvgIpc) is 2.84. The largest absolute Gasteiger partial charge is 0.355 e. The SMILES string of the molecule is CCNC(=O)C(Cc1ccccc1)N(Cc1ccccc1)C(=O)CN(c1cc(Cl)cc(Cl)c1)S(C)(=O)=O. The van der Waals surface area contributed by atoms with Crippen LogP contribution in [0.1, 0.15) is 18.1 Å². The minimum atomic E-state index is -3.90. The molecule has 3 aromatic rings. The van der Waals surface area contributed by atoms with Gasteiger partial charge in [-0.1, -0.05) is 83.9 Å². The summed E-state index contributed by atoms with van der Waals surface area (Å²) in [6.45, 7) is 1.76. The number of nitrogens with one attached hydrogen (secondary N) is 1. The summed E-state index contributed by atoms with van der Waals surface area (Å²) in [7, 11) is -3.90. The highest BCUT2D eigenvalue weighted by Gasteiger charge is 2.33. The fourth-order valence-electron chi connectivity index (χ4n) is 3.92. The summed E-state index contributed by atoms with van der Waals surface area (Å²) in [5, 5.41) is 3.28. The van der Waals surface area contributed by atoms with Crippen LogP contribution in [0.25, 0.3) is 0 Å². The van der Waals surface area contributed by atoms with Crippen LogP contribution in [0.3, 0.4) is 0 Å². The first-order chi connectivity index (χ1) is 17.6. The molecule has 0 aliphatic carbocycles. The Morgan fingerprint density at radius 3 is 1.95 bits per heavy atom. The van der Waals surface area contributed by atoms with Crippen LogP contribution < -0.4 is 9.62 Å². The Balaban J connectivity index is 2.03. The lowest BCUT2D eigenvalue weighted by molar-refractivity contribution is -0.140. The van der Waals surface area contributed by atoms with Gasteiger partial charge < -0.3 is 10.2 Å². The van der Waals surface area contributed by atoms with Crippen molar-refractivity contribution in [1.82, 2.24) is 10.2 Å². The monoisotopic (exact) mass is 561 g/mol. The van der Waals surface area contributed by atoms with Gasteiger partial charge in [0.05, 0.1) is 11.9 Å². The number of amides is 2. The Kier molecular flexibility index (Phi) is 9.97. The zero-order chi connectivity index (χ0) is 27.0. The van der Waals surface area contributed by atoms with Crippen molar-refractivity contribution in [2.45, 2.75) is 25.9 Å². The maximum Gasteiger partial charge on any atom is 0.244 e. The van der Waals surface area contributed by atoms with E-state index in [9.17, 15) is 18.0 Å². The minimum absolute atomic E-state index is 0.113. The lowest BCUT2D eigenvalue weighted by Crippen LogP contribution is -2.53. The van der Waals surface area contributed by atoms with Crippen molar-refractivity contribution in [1.29, 1.82) is 0 Å². The van der Waals surface area contributed by atoms with E-state index in [1.54, 1.807) is 6.92 Å². The molecule has 0 bridgehead atoms. The van der Waals surface area contributed by atoms with Crippen molar-refractivity contribution in [2.24, 2.45) is 0 Å². The van der Waals surface area contributed by atoms with Crippen LogP contribution in [-0.2, 0) is 32.6 Å². The summed E-state index contributed by atoms with van der Waals surface area (Å²) in [6.07, 6.45) is 1.26. The summed E-state index contributed by atoms with van der Waals surface area (Å²) in [5.74, 6) is -0.870. The molecule has 1 unspecified atom stereocenters. The quantitative estimate of drug-likeness (QED) is 0.372. The zero-order valence-corrected chi connectivity index (χ0v) is 22.9. The number of likely N-dealkylation sites (N-methyl/N-ethyl adjacent to an activating group) is 1. The Morgan fingerprint density at radius 2 is 1.43 bits per heavy atom. The van der Waals surface area contributed by atoms with E-state index in [0.717, 1.165) is 21.7 Å². The number of benzene rings is 3. The van der Waals surface area contributed by atoms with E-state index in [1.165, 1.54) is 23.1 Å². The number of carbonyl (C=O) groups is 2. The van der Waals surface area contributed by atoms with Crippen LogP contribution in [-0.4, -0.2) is 50.5 Å². The fourth-order valence-corrected chi connectivity index (χ4v) is 5.27. The van der Waals surface area contributed by atoms with Gasteiger partial charge >= 0.3 is 0 Å². The predicted molar refractivity (Wildman–Crippen MR) is 148 cm³/mol. The van der Waals surface area contributed by atoms with E-state index >= 15 is 0 Å². The van der Waals surface area contributed by atoms with Gasteiger partial charge in [0.25, 0.3) is 0 Å². The summed E-state index contributed by atoms with van der Waals surface area (Å²) in [6, 6.07) is 22.0. The zero-order valence-electron chi connectivity index (χ0n) is 20.6. The highest BCUT2D eigenvalue weighted by atomic mass is 35.5. The molecule has 7 nitrogen and oxygen atoms in total. The molecule has 0 saturated carbocycles. The number of halogens is 2. The van der Waals surface area contributed by atoms with Crippen LogP contribution in [0.2, 0.25) is 10.0 Å². The number of carbonyl (C=O) groups excluding carboxylic acids is 2.